The largest absolute Gasteiger partial charge is 0.390 e. The van der Waals surface area contributed by atoms with E-state index in [9.17, 15) is 5.11 Å². The van der Waals surface area contributed by atoms with Gasteiger partial charge < -0.3 is 15.6 Å². The Morgan fingerprint density at radius 3 is 2.44 bits per heavy atom. The molecule has 0 aromatic carbocycles. The van der Waals surface area contributed by atoms with Crippen LogP contribution in [0.3, 0.4) is 0 Å². The number of aliphatic hydroxyl groups excluding tert-OH is 1. The molecule has 2 fully saturated rings. The van der Waals surface area contributed by atoms with Crippen LogP contribution >= 0.6 is 0 Å². The van der Waals surface area contributed by atoms with Crippen LogP contribution in [0.15, 0.2) is 0 Å². The maximum absolute atomic E-state index is 9.82. The molecule has 0 saturated heterocycles. The van der Waals surface area contributed by atoms with Gasteiger partial charge >= 0.3 is 0 Å². The molecule has 16 heavy (non-hydrogen) atoms. The third kappa shape index (κ3) is 3.19. The van der Waals surface area contributed by atoms with Crippen LogP contribution in [0.4, 0.5) is 0 Å². The molecule has 0 spiro atoms. The van der Waals surface area contributed by atoms with Crippen LogP contribution < -0.4 is 5.73 Å². The molecule has 2 saturated carbocycles. The molecule has 2 aliphatic carbocycles. The van der Waals surface area contributed by atoms with E-state index in [0.29, 0.717) is 6.61 Å². The highest BCUT2D eigenvalue weighted by Gasteiger charge is 2.31. The summed E-state index contributed by atoms with van der Waals surface area (Å²) in [6.45, 7) is 0.634. The van der Waals surface area contributed by atoms with E-state index in [4.69, 9.17) is 10.5 Å². The Labute approximate surface area is 98.4 Å². The van der Waals surface area contributed by atoms with Crippen LogP contribution in [0.2, 0.25) is 0 Å². The van der Waals surface area contributed by atoms with Gasteiger partial charge in [0.1, 0.15) is 0 Å². The third-order valence-corrected chi connectivity index (χ3v) is 4.10. The van der Waals surface area contributed by atoms with Crippen molar-refractivity contribution in [1.29, 1.82) is 0 Å². The number of aliphatic hydroxyl groups is 1. The highest BCUT2D eigenvalue weighted by atomic mass is 16.5. The molecule has 2 rings (SSSR count). The zero-order chi connectivity index (χ0) is 11.4. The summed E-state index contributed by atoms with van der Waals surface area (Å²) in [5.41, 5.74) is 6.20. The fourth-order valence-corrected chi connectivity index (χ4v) is 2.94. The smallest absolute Gasteiger partial charge is 0.0834 e. The second-order valence-electron chi connectivity index (χ2n) is 5.62. The average molecular weight is 227 g/mol. The maximum Gasteiger partial charge on any atom is 0.0834 e. The van der Waals surface area contributed by atoms with Gasteiger partial charge in [0.15, 0.2) is 0 Å². The minimum atomic E-state index is -0.263. The van der Waals surface area contributed by atoms with Crippen molar-refractivity contribution in [2.75, 3.05) is 6.61 Å². The number of hydrogen-bond donors (Lipinski definition) is 2. The minimum Gasteiger partial charge on any atom is -0.390 e. The second kappa shape index (κ2) is 5.48. The van der Waals surface area contributed by atoms with Gasteiger partial charge in [0.25, 0.3) is 0 Å². The first-order valence-corrected chi connectivity index (χ1v) is 6.78. The molecule has 2 unspecified atom stereocenters. The lowest BCUT2D eigenvalue weighted by atomic mass is 9.83. The van der Waals surface area contributed by atoms with Gasteiger partial charge in [-0.25, -0.2) is 0 Å². The summed E-state index contributed by atoms with van der Waals surface area (Å²) in [5.74, 6) is 0. The molecule has 0 amide bonds. The zero-order valence-electron chi connectivity index (χ0n) is 10.2. The van der Waals surface area contributed by atoms with E-state index in [1.54, 1.807) is 0 Å². The first-order chi connectivity index (χ1) is 7.70. The molecule has 0 heterocycles. The van der Waals surface area contributed by atoms with Gasteiger partial charge in [-0.3, -0.25) is 0 Å². The van der Waals surface area contributed by atoms with Crippen LogP contribution in [0.5, 0.6) is 0 Å². The van der Waals surface area contributed by atoms with Crippen LogP contribution in [0.1, 0.15) is 57.8 Å². The van der Waals surface area contributed by atoms with Crippen LogP contribution in [0, 0.1) is 0 Å². The standard InChI is InChI=1S/C13H25NO2/c14-13(8-4-1-5-9-13)10-16-12-7-3-2-6-11(12)15/h11-12,15H,1-10,14H2. The molecular weight excluding hydrogens is 202 g/mol. The lowest BCUT2D eigenvalue weighted by molar-refractivity contribution is -0.0762. The molecule has 94 valence electrons. The van der Waals surface area contributed by atoms with E-state index >= 15 is 0 Å². The van der Waals surface area contributed by atoms with Crippen molar-refractivity contribution in [3.63, 3.8) is 0 Å². The van der Waals surface area contributed by atoms with Gasteiger partial charge in [-0.2, -0.15) is 0 Å². The highest BCUT2D eigenvalue weighted by Crippen LogP contribution is 2.28. The molecule has 2 atom stereocenters. The average Bonchev–Trinajstić information content (AvgIpc) is 2.29. The lowest BCUT2D eigenvalue weighted by Crippen LogP contribution is -2.48. The minimum absolute atomic E-state index is 0.0381. The molecule has 3 heteroatoms. The van der Waals surface area contributed by atoms with E-state index in [2.05, 4.69) is 0 Å². The first-order valence-electron chi connectivity index (χ1n) is 6.78. The quantitative estimate of drug-likeness (QED) is 0.775. The Hall–Kier alpha value is -0.120. The van der Waals surface area contributed by atoms with Crippen LogP contribution in [-0.4, -0.2) is 29.5 Å². The van der Waals surface area contributed by atoms with E-state index in [0.717, 1.165) is 32.1 Å². The van der Waals surface area contributed by atoms with Crippen LogP contribution in [-0.2, 0) is 4.74 Å². The molecule has 0 aliphatic heterocycles. The molecule has 2 aliphatic rings. The Morgan fingerprint density at radius 1 is 1.06 bits per heavy atom. The van der Waals surface area contributed by atoms with Crippen molar-refractivity contribution < 1.29 is 9.84 Å². The summed E-state index contributed by atoms with van der Waals surface area (Å²) in [6.07, 6.45) is 9.90. The van der Waals surface area contributed by atoms with Crippen molar-refractivity contribution in [3.05, 3.63) is 0 Å². The number of hydrogen-bond acceptors (Lipinski definition) is 3. The zero-order valence-corrected chi connectivity index (χ0v) is 10.2. The molecule has 3 N–H and O–H groups in total. The summed E-state index contributed by atoms with van der Waals surface area (Å²) in [7, 11) is 0. The SMILES string of the molecule is NC1(COC2CCCCC2O)CCCCC1. The Morgan fingerprint density at radius 2 is 1.75 bits per heavy atom. The molecule has 0 aromatic heterocycles. The summed E-state index contributed by atoms with van der Waals surface area (Å²) < 4.78 is 5.86. The summed E-state index contributed by atoms with van der Waals surface area (Å²) in [5, 5.41) is 9.82. The third-order valence-electron chi connectivity index (χ3n) is 4.10. The second-order valence-corrected chi connectivity index (χ2v) is 5.62. The predicted molar refractivity (Wildman–Crippen MR) is 64.2 cm³/mol. The first kappa shape index (κ1) is 12.3. The Balaban J connectivity index is 1.76. The van der Waals surface area contributed by atoms with Crippen LogP contribution in [0.25, 0.3) is 0 Å². The maximum atomic E-state index is 9.82. The highest BCUT2D eigenvalue weighted by molar-refractivity contribution is 4.88. The number of rotatable bonds is 3. The Kier molecular flexibility index (Phi) is 4.22. The summed E-state index contributed by atoms with van der Waals surface area (Å²) in [6, 6.07) is 0. The number of ether oxygens (including phenoxy) is 1. The van der Waals surface area contributed by atoms with Gasteiger partial charge in [-0.1, -0.05) is 32.1 Å². The lowest BCUT2D eigenvalue weighted by Gasteiger charge is -2.36. The van der Waals surface area contributed by atoms with Gasteiger partial charge in [0.05, 0.1) is 18.8 Å². The Bertz CT molecular complexity index is 214. The fourth-order valence-electron chi connectivity index (χ4n) is 2.94. The fraction of sp³-hybridized carbons (Fsp3) is 1.00. The van der Waals surface area contributed by atoms with E-state index in [1.165, 1.54) is 25.7 Å². The van der Waals surface area contributed by atoms with Gasteiger partial charge in [0.2, 0.25) is 0 Å². The molecular formula is C13H25NO2. The monoisotopic (exact) mass is 227 g/mol. The molecule has 0 radical (unpaired) electrons. The number of nitrogens with two attached hydrogens (primary N) is 1. The van der Waals surface area contributed by atoms with E-state index in [1.807, 2.05) is 0 Å². The van der Waals surface area contributed by atoms with Crippen molar-refractivity contribution in [2.45, 2.75) is 75.5 Å². The van der Waals surface area contributed by atoms with Gasteiger partial charge in [-0.15, -0.1) is 0 Å². The molecule has 0 aromatic rings. The van der Waals surface area contributed by atoms with Gasteiger partial charge in [0, 0.05) is 5.54 Å². The summed E-state index contributed by atoms with van der Waals surface area (Å²) in [4.78, 5) is 0. The van der Waals surface area contributed by atoms with Gasteiger partial charge in [-0.05, 0) is 25.7 Å². The topological polar surface area (TPSA) is 55.5 Å². The molecule has 3 nitrogen and oxygen atoms in total. The van der Waals surface area contributed by atoms with E-state index < -0.39 is 0 Å². The van der Waals surface area contributed by atoms with Crippen molar-refractivity contribution >= 4 is 0 Å². The van der Waals surface area contributed by atoms with Crippen molar-refractivity contribution in [3.8, 4) is 0 Å². The van der Waals surface area contributed by atoms with Crippen molar-refractivity contribution in [2.24, 2.45) is 5.73 Å². The normalized spacial score (nSPS) is 34.9. The summed E-state index contributed by atoms with van der Waals surface area (Å²) >= 11 is 0. The molecule has 0 bridgehead atoms. The predicted octanol–water partition coefficient (Wildman–Crippen LogP) is 1.97. The van der Waals surface area contributed by atoms with Crippen molar-refractivity contribution in [1.82, 2.24) is 0 Å². The van der Waals surface area contributed by atoms with E-state index in [-0.39, 0.29) is 17.7 Å².